The number of carbonyl (C=O) groups excluding carboxylic acids is 1. The molecule has 0 fully saturated rings. The van der Waals surface area contributed by atoms with E-state index in [9.17, 15) is 4.79 Å². The van der Waals surface area contributed by atoms with E-state index in [0.29, 0.717) is 30.9 Å². The largest absolute Gasteiger partial charge is 0.488 e. The van der Waals surface area contributed by atoms with Crippen LogP contribution in [0.3, 0.4) is 0 Å². The predicted octanol–water partition coefficient (Wildman–Crippen LogP) is 5.82. The van der Waals surface area contributed by atoms with E-state index in [1.807, 2.05) is 67.6 Å². The molecule has 3 aromatic carbocycles. The number of nitrogens with one attached hydrogen (secondary N) is 1. The van der Waals surface area contributed by atoms with Crippen molar-refractivity contribution in [2.45, 2.75) is 32.9 Å². The molecule has 1 heterocycles. The lowest BCUT2D eigenvalue weighted by atomic mass is 10.0. The van der Waals surface area contributed by atoms with E-state index in [1.165, 1.54) is 7.11 Å². The molecule has 9 heteroatoms. The zero-order valence-corrected chi connectivity index (χ0v) is 22.4. The normalized spacial score (nSPS) is 10.7. The number of methoxy groups -OCH3 is 1. The molecule has 0 radical (unpaired) electrons. The first-order valence-corrected chi connectivity index (χ1v) is 12.8. The Kier molecular flexibility index (Phi) is 9.89. The molecular formula is C31H30N4O5. The van der Waals surface area contributed by atoms with Crippen molar-refractivity contribution in [3.05, 3.63) is 101 Å². The van der Waals surface area contributed by atoms with Crippen LogP contribution in [0, 0.1) is 18.3 Å². The number of carbonyl (C=O) groups is 1. The van der Waals surface area contributed by atoms with Gasteiger partial charge in [-0.3, -0.25) is 4.79 Å². The third-order valence-electron chi connectivity index (χ3n) is 6.15. The lowest BCUT2D eigenvalue weighted by molar-refractivity contribution is -0.140. The standard InChI is InChI=1S/C31H30N4O5/c1-22-29(15-16-30(36)37-2)31(40-35-22)26-9-11-27(12-10-26)33-20-24-7-13-28(14-8-24)38-18-17-34-39-21-25-5-3-23(19-32)4-6-25/h3-14,17,33H,15-16,18,20-21H2,1-2H3/b34-17+. The molecule has 1 aromatic heterocycles. The molecule has 4 rings (SSSR count). The Labute approximate surface area is 233 Å². The zero-order chi connectivity index (χ0) is 28.2. The van der Waals surface area contributed by atoms with Gasteiger partial charge in [0, 0.05) is 29.8 Å². The zero-order valence-electron chi connectivity index (χ0n) is 22.4. The lowest BCUT2D eigenvalue weighted by Crippen LogP contribution is -2.03. The fourth-order valence-electron chi connectivity index (χ4n) is 3.89. The second-order valence-corrected chi connectivity index (χ2v) is 8.91. The summed E-state index contributed by atoms with van der Waals surface area (Å²) in [5, 5.41) is 20.2. The molecule has 0 aliphatic rings. The maximum Gasteiger partial charge on any atom is 0.305 e. The number of anilines is 1. The van der Waals surface area contributed by atoms with Gasteiger partial charge >= 0.3 is 5.97 Å². The topological polar surface area (TPSA) is 119 Å². The molecule has 0 bridgehead atoms. The maximum absolute atomic E-state index is 11.6. The van der Waals surface area contributed by atoms with Crippen molar-refractivity contribution >= 4 is 17.9 Å². The quantitative estimate of drug-likeness (QED) is 0.128. The second-order valence-electron chi connectivity index (χ2n) is 8.91. The van der Waals surface area contributed by atoms with E-state index in [-0.39, 0.29) is 19.0 Å². The van der Waals surface area contributed by atoms with Crippen molar-refractivity contribution in [2.24, 2.45) is 5.16 Å². The van der Waals surface area contributed by atoms with Crippen LogP contribution >= 0.6 is 0 Å². The van der Waals surface area contributed by atoms with Crippen LogP contribution in [-0.2, 0) is 33.9 Å². The molecule has 0 unspecified atom stereocenters. The van der Waals surface area contributed by atoms with Crippen LogP contribution in [0.5, 0.6) is 5.75 Å². The number of aryl methyl sites for hydroxylation is 1. The van der Waals surface area contributed by atoms with Crippen molar-refractivity contribution < 1.29 is 23.6 Å². The molecular weight excluding hydrogens is 508 g/mol. The minimum atomic E-state index is -0.263. The Balaban J connectivity index is 1.20. The minimum Gasteiger partial charge on any atom is -0.488 e. The van der Waals surface area contributed by atoms with Gasteiger partial charge in [0.1, 0.15) is 19.0 Å². The first-order valence-electron chi connectivity index (χ1n) is 12.8. The SMILES string of the molecule is COC(=O)CCc1c(C)noc1-c1ccc(NCc2ccc(OC/C=N/OCc3ccc(C#N)cc3)cc2)cc1. The molecule has 9 nitrogen and oxygen atoms in total. The number of ether oxygens (including phenoxy) is 2. The second kappa shape index (κ2) is 14.2. The molecule has 1 N–H and O–H groups in total. The van der Waals surface area contributed by atoms with Gasteiger partial charge in [-0.05, 0) is 73.0 Å². The van der Waals surface area contributed by atoms with Gasteiger partial charge in [0.05, 0.1) is 30.7 Å². The third kappa shape index (κ3) is 7.95. The number of nitrogens with zero attached hydrogens (tertiary/aromatic N) is 3. The number of benzene rings is 3. The predicted molar refractivity (Wildman–Crippen MR) is 151 cm³/mol. The summed E-state index contributed by atoms with van der Waals surface area (Å²) in [4.78, 5) is 16.8. The van der Waals surface area contributed by atoms with Crippen molar-refractivity contribution in [3.8, 4) is 23.1 Å². The highest BCUT2D eigenvalue weighted by atomic mass is 16.6. The Hall–Kier alpha value is -5.10. The number of hydrogen-bond acceptors (Lipinski definition) is 9. The summed E-state index contributed by atoms with van der Waals surface area (Å²) in [6.07, 6.45) is 2.35. The van der Waals surface area contributed by atoms with E-state index in [0.717, 1.165) is 39.4 Å². The Bertz CT molecular complexity index is 1450. The molecule has 0 spiro atoms. The van der Waals surface area contributed by atoms with Crippen LogP contribution in [0.2, 0.25) is 0 Å². The van der Waals surface area contributed by atoms with Crippen molar-refractivity contribution in [3.63, 3.8) is 0 Å². The number of oxime groups is 1. The first kappa shape index (κ1) is 27.9. The van der Waals surface area contributed by atoms with Gasteiger partial charge in [-0.1, -0.05) is 34.6 Å². The van der Waals surface area contributed by atoms with E-state index in [1.54, 1.807) is 18.3 Å². The fourth-order valence-corrected chi connectivity index (χ4v) is 3.89. The van der Waals surface area contributed by atoms with Gasteiger partial charge in [0.25, 0.3) is 0 Å². The summed E-state index contributed by atoms with van der Waals surface area (Å²) < 4.78 is 16.0. The average Bonchev–Trinajstić information content (AvgIpc) is 3.37. The monoisotopic (exact) mass is 538 g/mol. The molecule has 0 aliphatic carbocycles. The van der Waals surface area contributed by atoms with Crippen LogP contribution < -0.4 is 10.1 Å². The van der Waals surface area contributed by atoms with Crippen LogP contribution in [-0.4, -0.2) is 31.1 Å². The van der Waals surface area contributed by atoms with Gasteiger partial charge in [0.15, 0.2) is 5.76 Å². The summed E-state index contributed by atoms with van der Waals surface area (Å²) >= 11 is 0. The Morgan fingerprint density at radius 2 is 1.77 bits per heavy atom. The van der Waals surface area contributed by atoms with Gasteiger partial charge in [-0.2, -0.15) is 5.26 Å². The number of hydrogen-bond donors (Lipinski definition) is 1. The third-order valence-corrected chi connectivity index (χ3v) is 6.15. The number of esters is 1. The summed E-state index contributed by atoms with van der Waals surface area (Å²) in [7, 11) is 1.38. The molecule has 204 valence electrons. The fraction of sp³-hybridized carbons (Fsp3) is 0.226. The van der Waals surface area contributed by atoms with Gasteiger partial charge < -0.3 is 24.2 Å². The summed E-state index contributed by atoms with van der Waals surface area (Å²) in [5.74, 6) is 1.14. The molecule has 0 aliphatic heterocycles. The minimum absolute atomic E-state index is 0.263. The molecule has 4 aromatic rings. The Morgan fingerprint density at radius 1 is 1.05 bits per heavy atom. The van der Waals surface area contributed by atoms with Crippen molar-refractivity contribution in [1.29, 1.82) is 5.26 Å². The maximum atomic E-state index is 11.6. The van der Waals surface area contributed by atoms with E-state index in [2.05, 4.69) is 21.7 Å². The van der Waals surface area contributed by atoms with Crippen LogP contribution in [0.25, 0.3) is 11.3 Å². The van der Waals surface area contributed by atoms with Crippen LogP contribution in [0.15, 0.2) is 82.5 Å². The molecule has 0 saturated heterocycles. The molecule has 40 heavy (non-hydrogen) atoms. The first-order chi connectivity index (χ1) is 19.6. The van der Waals surface area contributed by atoms with E-state index in [4.69, 9.17) is 24.1 Å². The van der Waals surface area contributed by atoms with Crippen molar-refractivity contribution in [1.82, 2.24) is 5.16 Å². The molecule has 0 amide bonds. The van der Waals surface area contributed by atoms with Crippen molar-refractivity contribution in [2.75, 3.05) is 19.0 Å². The molecule has 0 saturated carbocycles. The summed E-state index contributed by atoms with van der Waals surface area (Å²) in [6, 6.07) is 25.0. The van der Waals surface area contributed by atoms with Crippen LogP contribution in [0.1, 0.15) is 34.4 Å². The molecule has 0 atom stereocenters. The summed E-state index contributed by atoms with van der Waals surface area (Å²) in [6.45, 7) is 3.13. The van der Waals surface area contributed by atoms with Gasteiger partial charge in [0.2, 0.25) is 0 Å². The number of nitriles is 1. The summed E-state index contributed by atoms with van der Waals surface area (Å²) in [5.41, 5.74) is 6.20. The highest BCUT2D eigenvalue weighted by Crippen LogP contribution is 2.28. The number of aromatic nitrogens is 1. The average molecular weight is 539 g/mol. The lowest BCUT2D eigenvalue weighted by Gasteiger charge is -2.09. The van der Waals surface area contributed by atoms with Gasteiger partial charge in [-0.25, -0.2) is 0 Å². The number of rotatable bonds is 13. The van der Waals surface area contributed by atoms with E-state index >= 15 is 0 Å². The van der Waals surface area contributed by atoms with Crippen LogP contribution in [0.4, 0.5) is 5.69 Å². The smallest absolute Gasteiger partial charge is 0.305 e. The Morgan fingerprint density at radius 3 is 2.48 bits per heavy atom. The highest BCUT2D eigenvalue weighted by molar-refractivity contribution is 5.71. The van der Waals surface area contributed by atoms with E-state index < -0.39 is 0 Å². The highest BCUT2D eigenvalue weighted by Gasteiger charge is 2.16. The van der Waals surface area contributed by atoms with Gasteiger partial charge in [-0.15, -0.1) is 0 Å².